The van der Waals surface area contributed by atoms with Crippen molar-refractivity contribution in [2.24, 2.45) is 0 Å². The third-order valence-corrected chi connectivity index (χ3v) is 7.01. The molecular formula is C30H22N4OS. The van der Waals surface area contributed by atoms with Crippen molar-refractivity contribution in [3.63, 3.8) is 0 Å². The molecule has 0 unspecified atom stereocenters. The van der Waals surface area contributed by atoms with E-state index in [0.717, 1.165) is 33.0 Å². The molecule has 2 heterocycles. The Balaban J connectivity index is 1.29. The number of fused-ring (bicyclic) bond motifs is 1. The molecule has 1 amide bonds. The predicted octanol–water partition coefficient (Wildman–Crippen LogP) is 7.38. The zero-order chi connectivity index (χ0) is 24.5. The number of hydrogen-bond donors (Lipinski definition) is 1. The molecule has 6 heteroatoms. The highest BCUT2D eigenvalue weighted by Crippen LogP contribution is 2.31. The van der Waals surface area contributed by atoms with E-state index in [-0.39, 0.29) is 5.91 Å². The first-order chi connectivity index (χ1) is 17.6. The van der Waals surface area contributed by atoms with Crippen LogP contribution in [-0.4, -0.2) is 20.7 Å². The van der Waals surface area contributed by atoms with Crippen LogP contribution >= 0.6 is 11.3 Å². The highest BCUT2D eigenvalue weighted by atomic mass is 32.1. The minimum absolute atomic E-state index is 0.225. The first-order valence-electron chi connectivity index (χ1n) is 11.6. The average molecular weight is 487 g/mol. The van der Waals surface area contributed by atoms with Gasteiger partial charge in [-0.2, -0.15) is 5.10 Å². The number of aromatic nitrogens is 3. The van der Waals surface area contributed by atoms with Gasteiger partial charge in [0.25, 0.3) is 5.91 Å². The minimum Gasteiger partial charge on any atom is -0.321 e. The number of thiazole rings is 1. The predicted molar refractivity (Wildman–Crippen MR) is 147 cm³/mol. The van der Waals surface area contributed by atoms with E-state index in [1.54, 1.807) is 16.0 Å². The molecule has 0 aliphatic rings. The van der Waals surface area contributed by atoms with Gasteiger partial charge in [0, 0.05) is 16.8 Å². The van der Waals surface area contributed by atoms with E-state index < -0.39 is 0 Å². The van der Waals surface area contributed by atoms with Crippen molar-refractivity contribution in [2.45, 2.75) is 6.92 Å². The second kappa shape index (κ2) is 9.24. The van der Waals surface area contributed by atoms with Gasteiger partial charge in [-0.3, -0.25) is 4.79 Å². The standard InChI is InChI=1S/C30H22N4OS/c1-20-12-17-25-28(18-20)36-30(32-25)22-13-15-23(16-14-22)31-29(35)27-19-26(21-8-4-2-5-9-21)33-34(27)24-10-6-3-7-11-24/h2-19H,1H3,(H,31,35). The van der Waals surface area contributed by atoms with Crippen LogP contribution in [-0.2, 0) is 0 Å². The maximum Gasteiger partial charge on any atom is 0.274 e. The van der Waals surface area contributed by atoms with Crippen LogP contribution in [0.2, 0.25) is 0 Å². The molecule has 0 bridgehead atoms. The Morgan fingerprint density at radius 3 is 2.28 bits per heavy atom. The third kappa shape index (κ3) is 4.30. The highest BCUT2D eigenvalue weighted by Gasteiger charge is 2.18. The maximum atomic E-state index is 13.4. The van der Waals surface area contributed by atoms with Gasteiger partial charge < -0.3 is 5.32 Å². The van der Waals surface area contributed by atoms with Gasteiger partial charge >= 0.3 is 0 Å². The number of carbonyl (C=O) groups is 1. The molecule has 0 saturated heterocycles. The number of anilines is 1. The topological polar surface area (TPSA) is 59.8 Å². The normalized spacial score (nSPS) is 11.0. The molecule has 0 spiro atoms. The Hall–Kier alpha value is -4.55. The first kappa shape index (κ1) is 21.9. The molecule has 0 radical (unpaired) electrons. The summed E-state index contributed by atoms with van der Waals surface area (Å²) in [5.41, 5.74) is 6.94. The van der Waals surface area contributed by atoms with Crippen LogP contribution in [0.25, 0.3) is 37.7 Å². The lowest BCUT2D eigenvalue weighted by atomic mass is 10.1. The van der Waals surface area contributed by atoms with E-state index in [2.05, 4.69) is 30.4 Å². The molecule has 5 nitrogen and oxygen atoms in total. The third-order valence-electron chi connectivity index (χ3n) is 5.95. The Morgan fingerprint density at radius 2 is 1.53 bits per heavy atom. The van der Waals surface area contributed by atoms with Crippen molar-refractivity contribution in [3.8, 4) is 27.5 Å². The largest absolute Gasteiger partial charge is 0.321 e. The van der Waals surface area contributed by atoms with Gasteiger partial charge in [0.1, 0.15) is 10.7 Å². The van der Waals surface area contributed by atoms with Crippen molar-refractivity contribution in [3.05, 3.63) is 120 Å². The van der Waals surface area contributed by atoms with Crippen LogP contribution in [0, 0.1) is 6.92 Å². The fourth-order valence-corrected chi connectivity index (χ4v) is 5.17. The van der Waals surface area contributed by atoms with Gasteiger partial charge in [-0.25, -0.2) is 9.67 Å². The Morgan fingerprint density at radius 1 is 0.806 bits per heavy atom. The van der Waals surface area contributed by atoms with E-state index in [9.17, 15) is 4.79 Å². The van der Waals surface area contributed by atoms with Crippen LogP contribution in [0.15, 0.2) is 109 Å². The minimum atomic E-state index is -0.225. The number of carbonyl (C=O) groups excluding carboxylic acids is 1. The zero-order valence-corrected chi connectivity index (χ0v) is 20.4. The molecule has 1 N–H and O–H groups in total. The van der Waals surface area contributed by atoms with Gasteiger partial charge in [-0.05, 0) is 67.1 Å². The average Bonchev–Trinajstić information content (AvgIpc) is 3.55. The fraction of sp³-hybridized carbons (Fsp3) is 0.0333. The van der Waals surface area contributed by atoms with Crippen LogP contribution in [0.1, 0.15) is 16.1 Å². The van der Waals surface area contributed by atoms with Crippen LogP contribution in [0.3, 0.4) is 0 Å². The lowest BCUT2D eigenvalue weighted by Crippen LogP contribution is -2.16. The van der Waals surface area contributed by atoms with Gasteiger partial charge in [0.05, 0.1) is 21.6 Å². The lowest BCUT2D eigenvalue weighted by molar-refractivity contribution is 0.101. The molecule has 0 aliphatic carbocycles. The monoisotopic (exact) mass is 486 g/mol. The maximum absolute atomic E-state index is 13.4. The molecule has 0 aliphatic heterocycles. The Labute approximate surface area is 212 Å². The molecule has 36 heavy (non-hydrogen) atoms. The van der Waals surface area contributed by atoms with Crippen LogP contribution in [0.5, 0.6) is 0 Å². The summed E-state index contributed by atoms with van der Waals surface area (Å²) in [5, 5.41) is 8.73. The molecule has 6 rings (SSSR count). The molecule has 6 aromatic rings. The number of amides is 1. The number of benzene rings is 4. The highest BCUT2D eigenvalue weighted by molar-refractivity contribution is 7.21. The molecule has 0 fully saturated rings. The number of nitrogens with one attached hydrogen (secondary N) is 1. The molecule has 4 aromatic carbocycles. The van der Waals surface area contributed by atoms with E-state index in [1.165, 1.54) is 10.3 Å². The molecule has 2 aromatic heterocycles. The lowest BCUT2D eigenvalue weighted by Gasteiger charge is -2.09. The van der Waals surface area contributed by atoms with E-state index >= 15 is 0 Å². The summed E-state index contributed by atoms with van der Waals surface area (Å²) in [7, 11) is 0. The summed E-state index contributed by atoms with van der Waals surface area (Å²) in [6, 6.07) is 35.5. The second-order valence-corrected chi connectivity index (χ2v) is 9.58. The van der Waals surface area contributed by atoms with Crippen LogP contribution < -0.4 is 5.32 Å². The zero-order valence-electron chi connectivity index (χ0n) is 19.6. The fourth-order valence-electron chi connectivity index (χ4n) is 4.11. The van der Waals surface area contributed by atoms with Gasteiger partial charge in [0.15, 0.2) is 0 Å². The molecule has 174 valence electrons. The number of para-hydroxylation sites is 1. The summed E-state index contributed by atoms with van der Waals surface area (Å²) in [5.74, 6) is -0.225. The molecule has 0 atom stereocenters. The molecular weight excluding hydrogens is 464 g/mol. The van der Waals surface area contributed by atoms with Crippen molar-refractivity contribution >= 4 is 33.1 Å². The number of nitrogens with zero attached hydrogens (tertiary/aromatic N) is 3. The Bertz CT molecular complexity index is 1670. The van der Waals surface area contributed by atoms with Gasteiger partial charge in [0.2, 0.25) is 0 Å². The van der Waals surface area contributed by atoms with E-state index in [4.69, 9.17) is 10.1 Å². The van der Waals surface area contributed by atoms with Crippen molar-refractivity contribution in [2.75, 3.05) is 5.32 Å². The van der Waals surface area contributed by atoms with Crippen molar-refractivity contribution in [1.29, 1.82) is 0 Å². The number of hydrogen-bond acceptors (Lipinski definition) is 4. The summed E-state index contributed by atoms with van der Waals surface area (Å²) in [4.78, 5) is 18.1. The van der Waals surface area contributed by atoms with E-state index in [0.29, 0.717) is 11.4 Å². The Kier molecular flexibility index (Phi) is 5.64. The van der Waals surface area contributed by atoms with Gasteiger partial charge in [-0.15, -0.1) is 11.3 Å². The molecule has 0 saturated carbocycles. The number of aryl methyl sites for hydroxylation is 1. The quantitative estimate of drug-likeness (QED) is 0.277. The summed E-state index contributed by atoms with van der Waals surface area (Å²) in [6.07, 6.45) is 0. The second-order valence-electron chi connectivity index (χ2n) is 8.55. The summed E-state index contributed by atoms with van der Waals surface area (Å²) >= 11 is 1.67. The number of rotatable bonds is 5. The van der Waals surface area contributed by atoms with E-state index in [1.807, 2.05) is 91.0 Å². The summed E-state index contributed by atoms with van der Waals surface area (Å²) < 4.78 is 2.86. The van der Waals surface area contributed by atoms with Gasteiger partial charge in [-0.1, -0.05) is 54.6 Å². The van der Waals surface area contributed by atoms with Crippen LogP contribution in [0.4, 0.5) is 5.69 Å². The summed E-state index contributed by atoms with van der Waals surface area (Å²) in [6.45, 7) is 2.09. The SMILES string of the molecule is Cc1ccc2nc(-c3ccc(NC(=O)c4cc(-c5ccccc5)nn4-c4ccccc4)cc3)sc2c1. The van der Waals surface area contributed by atoms with Crippen molar-refractivity contribution < 1.29 is 4.79 Å². The smallest absolute Gasteiger partial charge is 0.274 e. The first-order valence-corrected chi connectivity index (χ1v) is 12.5. The van der Waals surface area contributed by atoms with Crippen molar-refractivity contribution in [1.82, 2.24) is 14.8 Å².